The highest BCUT2D eigenvalue weighted by Gasteiger charge is 2.22. The van der Waals surface area contributed by atoms with Crippen molar-refractivity contribution in [3.8, 4) is 0 Å². The van der Waals surface area contributed by atoms with Crippen LogP contribution < -0.4 is 16.2 Å². The highest BCUT2D eigenvalue weighted by atomic mass is 35.5. The quantitative estimate of drug-likeness (QED) is 0.440. The van der Waals surface area contributed by atoms with Crippen LogP contribution in [-0.2, 0) is 17.9 Å². The number of hydrogen-bond donors (Lipinski definition) is 2. The molecule has 0 fully saturated rings. The summed E-state index contributed by atoms with van der Waals surface area (Å²) >= 11 is 5.85. The molecule has 0 atom stereocenters. The number of anilines is 1. The van der Waals surface area contributed by atoms with Gasteiger partial charge in [-0.25, -0.2) is 9.07 Å². The lowest BCUT2D eigenvalue weighted by atomic mass is 10.1. The molecule has 0 spiro atoms. The molecule has 0 radical (unpaired) electrons. The standard InChI is InChI=1S/C24H21ClFN5O3/c1-14-21(23(33)27-11-16-3-7-18(26)8-4-16)15(2)30-13-28-31(24(34)22(14)30)12-20(32)29-19-9-5-17(25)6-10-19/h3-10,13H,11-12H2,1-2H3,(H,27,33)(H,29,32). The number of amides is 2. The molecule has 2 amide bonds. The summed E-state index contributed by atoms with van der Waals surface area (Å²) in [4.78, 5) is 38.4. The normalized spacial score (nSPS) is 10.9. The molecule has 174 valence electrons. The first kappa shape index (κ1) is 23.2. The lowest BCUT2D eigenvalue weighted by molar-refractivity contribution is -0.117. The van der Waals surface area contributed by atoms with E-state index < -0.39 is 11.5 Å². The van der Waals surface area contributed by atoms with Crippen LogP contribution in [0.2, 0.25) is 5.02 Å². The average Bonchev–Trinajstić information content (AvgIpc) is 3.07. The number of aromatic nitrogens is 3. The van der Waals surface area contributed by atoms with Gasteiger partial charge in [-0.05, 0) is 61.4 Å². The molecule has 2 aromatic heterocycles. The zero-order valence-electron chi connectivity index (χ0n) is 18.4. The van der Waals surface area contributed by atoms with Gasteiger partial charge in [-0.2, -0.15) is 5.10 Å². The summed E-state index contributed by atoms with van der Waals surface area (Å²) in [5.41, 5.74) is 2.43. The lowest BCUT2D eigenvalue weighted by Crippen LogP contribution is -2.30. The third-order valence-corrected chi connectivity index (χ3v) is 5.70. The third kappa shape index (κ3) is 4.69. The van der Waals surface area contributed by atoms with Crippen molar-refractivity contribution in [3.05, 3.63) is 98.4 Å². The number of fused-ring (bicyclic) bond motifs is 1. The predicted molar refractivity (Wildman–Crippen MR) is 127 cm³/mol. The minimum Gasteiger partial charge on any atom is -0.348 e. The molecule has 34 heavy (non-hydrogen) atoms. The van der Waals surface area contributed by atoms with E-state index in [2.05, 4.69) is 15.7 Å². The Morgan fingerprint density at radius 1 is 1.06 bits per heavy atom. The van der Waals surface area contributed by atoms with Crippen LogP contribution in [0.3, 0.4) is 0 Å². The smallest absolute Gasteiger partial charge is 0.291 e. The zero-order valence-corrected chi connectivity index (χ0v) is 19.2. The maximum Gasteiger partial charge on any atom is 0.291 e. The topological polar surface area (TPSA) is 97.5 Å². The highest BCUT2D eigenvalue weighted by Crippen LogP contribution is 2.20. The first-order chi connectivity index (χ1) is 16.2. The minimum absolute atomic E-state index is 0.206. The van der Waals surface area contributed by atoms with E-state index in [0.29, 0.717) is 27.5 Å². The van der Waals surface area contributed by atoms with Crippen molar-refractivity contribution in [3.63, 3.8) is 0 Å². The number of carbonyl (C=O) groups excluding carboxylic acids is 2. The molecule has 0 saturated carbocycles. The molecule has 0 aliphatic carbocycles. The molecular weight excluding hydrogens is 461 g/mol. The second-order valence-electron chi connectivity index (χ2n) is 7.76. The van der Waals surface area contributed by atoms with Crippen LogP contribution in [0.25, 0.3) is 5.52 Å². The SMILES string of the molecule is Cc1c(C(=O)NCc2ccc(F)cc2)c(C)n2cnn(CC(=O)Nc3ccc(Cl)cc3)c(=O)c12. The molecular formula is C24H21ClFN5O3. The monoisotopic (exact) mass is 481 g/mol. The summed E-state index contributed by atoms with van der Waals surface area (Å²) in [5, 5.41) is 10.1. The first-order valence-electron chi connectivity index (χ1n) is 10.4. The molecule has 10 heteroatoms. The fraction of sp³-hybridized carbons (Fsp3) is 0.167. The summed E-state index contributed by atoms with van der Waals surface area (Å²) in [6.07, 6.45) is 1.41. The molecule has 4 aromatic rings. The maximum absolute atomic E-state index is 13.1. The molecule has 2 heterocycles. The van der Waals surface area contributed by atoms with Gasteiger partial charge in [0.1, 0.15) is 24.2 Å². The van der Waals surface area contributed by atoms with Crippen molar-refractivity contribution in [2.75, 3.05) is 5.32 Å². The van der Waals surface area contributed by atoms with Crippen LogP contribution >= 0.6 is 11.6 Å². The molecule has 0 aliphatic heterocycles. The van der Waals surface area contributed by atoms with Gasteiger partial charge >= 0.3 is 0 Å². The second kappa shape index (κ2) is 9.48. The summed E-state index contributed by atoms with van der Waals surface area (Å²) < 4.78 is 15.7. The van der Waals surface area contributed by atoms with Gasteiger partial charge in [0.25, 0.3) is 11.5 Å². The van der Waals surface area contributed by atoms with Crippen molar-refractivity contribution in [2.45, 2.75) is 26.9 Å². The Bertz CT molecular complexity index is 1440. The van der Waals surface area contributed by atoms with Crippen molar-refractivity contribution < 1.29 is 14.0 Å². The van der Waals surface area contributed by atoms with Gasteiger partial charge in [0.05, 0.1) is 5.56 Å². The molecule has 8 nitrogen and oxygen atoms in total. The van der Waals surface area contributed by atoms with E-state index in [1.165, 1.54) is 22.9 Å². The summed E-state index contributed by atoms with van der Waals surface area (Å²) in [6.45, 7) is 3.30. The van der Waals surface area contributed by atoms with E-state index in [0.717, 1.165) is 10.2 Å². The summed E-state index contributed by atoms with van der Waals surface area (Å²) in [6, 6.07) is 12.4. The first-order valence-corrected chi connectivity index (χ1v) is 10.8. The Kier molecular flexibility index (Phi) is 6.47. The van der Waals surface area contributed by atoms with Gasteiger partial charge in [0.15, 0.2) is 0 Å². The number of nitrogens with one attached hydrogen (secondary N) is 2. The van der Waals surface area contributed by atoms with Gasteiger partial charge in [0.2, 0.25) is 5.91 Å². The molecule has 0 bridgehead atoms. The van der Waals surface area contributed by atoms with E-state index in [1.54, 1.807) is 50.2 Å². The average molecular weight is 482 g/mol. The van der Waals surface area contributed by atoms with Crippen molar-refractivity contribution in [1.82, 2.24) is 19.5 Å². The van der Waals surface area contributed by atoms with E-state index >= 15 is 0 Å². The van der Waals surface area contributed by atoms with Crippen molar-refractivity contribution in [2.24, 2.45) is 0 Å². The van der Waals surface area contributed by atoms with E-state index in [-0.39, 0.29) is 30.3 Å². The van der Waals surface area contributed by atoms with Crippen LogP contribution in [0.1, 0.15) is 27.2 Å². The van der Waals surface area contributed by atoms with Gasteiger partial charge < -0.3 is 10.6 Å². The molecule has 2 N–H and O–H groups in total. The van der Waals surface area contributed by atoms with Gasteiger partial charge in [-0.3, -0.25) is 18.8 Å². The Balaban J connectivity index is 1.56. The summed E-state index contributed by atoms with van der Waals surface area (Å²) in [5.74, 6) is -1.15. The van der Waals surface area contributed by atoms with Crippen LogP contribution in [-0.4, -0.2) is 26.0 Å². The van der Waals surface area contributed by atoms with Crippen LogP contribution in [0, 0.1) is 19.7 Å². The Morgan fingerprint density at radius 2 is 1.74 bits per heavy atom. The third-order valence-electron chi connectivity index (χ3n) is 5.45. The molecule has 4 rings (SSSR count). The number of hydrogen-bond acceptors (Lipinski definition) is 4. The van der Waals surface area contributed by atoms with Gasteiger partial charge in [0, 0.05) is 22.9 Å². The Morgan fingerprint density at radius 3 is 2.41 bits per heavy atom. The highest BCUT2D eigenvalue weighted by molar-refractivity contribution is 6.30. The lowest BCUT2D eigenvalue weighted by Gasteiger charge is -2.07. The van der Waals surface area contributed by atoms with E-state index in [1.807, 2.05) is 0 Å². The molecule has 0 unspecified atom stereocenters. The van der Waals surface area contributed by atoms with Gasteiger partial charge in [-0.1, -0.05) is 23.7 Å². The van der Waals surface area contributed by atoms with Crippen molar-refractivity contribution >= 4 is 34.6 Å². The number of aryl methyl sites for hydroxylation is 2. The Hall–Kier alpha value is -3.98. The summed E-state index contributed by atoms with van der Waals surface area (Å²) in [7, 11) is 0. The van der Waals surface area contributed by atoms with Crippen molar-refractivity contribution in [1.29, 1.82) is 0 Å². The number of halogens is 2. The van der Waals surface area contributed by atoms with Crippen LogP contribution in [0.15, 0.2) is 59.7 Å². The number of benzene rings is 2. The van der Waals surface area contributed by atoms with Gasteiger partial charge in [-0.15, -0.1) is 0 Å². The van der Waals surface area contributed by atoms with E-state index in [4.69, 9.17) is 11.6 Å². The number of rotatable bonds is 6. The predicted octanol–water partition coefficient (Wildman–Crippen LogP) is 3.47. The van der Waals surface area contributed by atoms with Crippen LogP contribution in [0.4, 0.5) is 10.1 Å². The van der Waals surface area contributed by atoms with E-state index in [9.17, 15) is 18.8 Å². The molecule has 2 aromatic carbocycles. The second-order valence-corrected chi connectivity index (χ2v) is 8.20. The fourth-order valence-corrected chi connectivity index (χ4v) is 3.87. The largest absolute Gasteiger partial charge is 0.348 e. The fourth-order valence-electron chi connectivity index (χ4n) is 3.75. The minimum atomic E-state index is -0.494. The van der Waals surface area contributed by atoms with Crippen LogP contribution in [0.5, 0.6) is 0 Å². The number of nitrogens with zero attached hydrogens (tertiary/aromatic N) is 3. The number of carbonyl (C=O) groups is 2. The maximum atomic E-state index is 13.1. The zero-order chi connectivity index (χ0) is 24.4. The Labute approximate surface area is 199 Å². The molecule has 0 saturated heterocycles. The molecule has 0 aliphatic rings.